The number of allylic oxidation sites excluding steroid dienone is 1. The van der Waals surface area contributed by atoms with E-state index < -0.39 is 13.4 Å². The van der Waals surface area contributed by atoms with Gasteiger partial charge in [0.05, 0.1) is 13.2 Å². The number of aliphatic hydroxyl groups is 1. The van der Waals surface area contributed by atoms with E-state index in [0.717, 1.165) is 6.08 Å². The van der Waals surface area contributed by atoms with Crippen LogP contribution in [-0.4, -0.2) is 30.3 Å². The molecule has 0 aliphatic heterocycles. The minimum atomic E-state index is -3.43. The molecule has 6 heteroatoms. The molecule has 5 nitrogen and oxygen atoms in total. The molecule has 0 unspecified atom stereocenters. The van der Waals surface area contributed by atoms with Crippen molar-refractivity contribution in [2.75, 3.05) is 19.4 Å². The van der Waals surface area contributed by atoms with Gasteiger partial charge in [-0.3, -0.25) is 9.36 Å². The smallest absolute Gasteiger partial charge is 0.338 e. The summed E-state index contributed by atoms with van der Waals surface area (Å²) in [5.74, 6) is -0.674. The monoisotopic (exact) mass is 298 g/mol. The zero-order valence-corrected chi connectivity index (χ0v) is 12.5. The highest BCUT2D eigenvalue weighted by molar-refractivity contribution is 7.54. The molecule has 1 aromatic carbocycles. The van der Waals surface area contributed by atoms with Crippen molar-refractivity contribution in [3.05, 3.63) is 42.0 Å². The van der Waals surface area contributed by atoms with E-state index >= 15 is 0 Å². The second-order valence-electron chi connectivity index (χ2n) is 3.97. The lowest BCUT2D eigenvalue weighted by Crippen LogP contribution is -2.08. The van der Waals surface area contributed by atoms with E-state index in [0.29, 0.717) is 5.56 Å². The third-order valence-corrected chi connectivity index (χ3v) is 4.37. The van der Waals surface area contributed by atoms with Crippen LogP contribution < -0.4 is 0 Å². The van der Waals surface area contributed by atoms with Gasteiger partial charge < -0.3 is 14.2 Å². The molecule has 0 aromatic heterocycles. The Balaban J connectivity index is 2.78. The van der Waals surface area contributed by atoms with Crippen molar-refractivity contribution in [2.24, 2.45) is 0 Å². The summed E-state index contributed by atoms with van der Waals surface area (Å²) in [4.78, 5) is 11.8. The molecule has 0 aliphatic carbocycles. The Morgan fingerprint density at radius 2 is 1.75 bits per heavy atom. The van der Waals surface area contributed by atoms with Crippen LogP contribution in [0.1, 0.15) is 19.4 Å². The van der Waals surface area contributed by atoms with Crippen LogP contribution in [0.15, 0.2) is 36.4 Å². The molecule has 1 aromatic rings. The predicted molar refractivity (Wildman–Crippen MR) is 77.8 cm³/mol. The van der Waals surface area contributed by atoms with Gasteiger partial charge in [0.15, 0.2) is 5.78 Å². The summed E-state index contributed by atoms with van der Waals surface area (Å²) in [7, 11) is -3.43. The van der Waals surface area contributed by atoms with Crippen molar-refractivity contribution < 1.29 is 23.5 Å². The zero-order chi connectivity index (χ0) is 15.0. The van der Waals surface area contributed by atoms with Crippen LogP contribution in [0, 0.1) is 0 Å². The van der Waals surface area contributed by atoms with Crippen LogP contribution >= 0.6 is 7.60 Å². The molecule has 0 atom stereocenters. The molecular formula is C14H19O5P. The highest BCUT2D eigenvalue weighted by atomic mass is 31.2. The van der Waals surface area contributed by atoms with Crippen molar-refractivity contribution in [2.45, 2.75) is 13.8 Å². The van der Waals surface area contributed by atoms with Gasteiger partial charge in [0.2, 0.25) is 0 Å². The molecule has 0 saturated carbocycles. The normalized spacial score (nSPS) is 12.4. The summed E-state index contributed by atoms with van der Waals surface area (Å²) in [6.45, 7) is 3.73. The molecule has 0 bridgehead atoms. The first kappa shape index (κ1) is 16.6. The lowest BCUT2D eigenvalue weighted by atomic mass is 10.1. The Kier molecular flexibility index (Phi) is 6.65. The van der Waals surface area contributed by atoms with Gasteiger partial charge in [-0.25, -0.2) is 0 Å². The number of aliphatic hydroxyl groups excluding tert-OH is 1. The average Bonchev–Trinajstić information content (AvgIpc) is 2.39. The minimum absolute atomic E-state index is 0.171. The van der Waals surface area contributed by atoms with Crippen molar-refractivity contribution in [1.29, 1.82) is 0 Å². The maximum absolute atomic E-state index is 12.2. The van der Waals surface area contributed by atoms with Gasteiger partial charge in [0.25, 0.3) is 0 Å². The number of rotatable bonds is 8. The van der Waals surface area contributed by atoms with E-state index in [1.807, 2.05) is 0 Å². The van der Waals surface area contributed by atoms with E-state index in [9.17, 15) is 14.5 Å². The standard InChI is InChI=1S/C14H19O5P/c1-3-18-20(17,19-4-2)11-13(15)10-14(16)12-8-6-5-7-9-12/h5-10,16H,3-4,11H2,1-2H3. The summed E-state index contributed by atoms with van der Waals surface area (Å²) in [5, 5.41) is 9.82. The third kappa shape index (κ3) is 5.29. The van der Waals surface area contributed by atoms with Gasteiger partial charge in [-0.2, -0.15) is 0 Å². The molecule has 0 heterocycles. The van der Waals surface area contributed by atoms with E-state index in [4.69, 9.17) is 9.05 Å². The van der Waals surface area contributed by atoms with Crippen molar-refractivity contribution in [3.8, 4) is 0 Å². The Morgan fingerprint density at radius 3 is 2.25 bits per heavy atom. The summed E-state index contributed by atoms with van der Waals surface area (Å²) < 4.78 is 22.2. The zero-order valence-electron chi connectivity index (χ0n) is 11.6. The van der Waals surface area contributed by atoms with Crippen LogP contribution in [0.2, 0.25) is 0 Å². The fraction of sp³-hybridized carbons (Fsp3) is 0.357. The maximum atomic E-state index is 12.2. The topological polar surface area (TPSA) is 72.8 Å². The van der Waals surface area contributed by atoms with Gasteiger partial charge in [-0.15, -0.1) is 0 Å². The van der Waals surface area contributed by atoms with Crippen molar-refractivity contribution in [1.82, 2.24) is 0 Å². The lowest BCUT2D eigenvalue weighted by Gasteiger charge is -2.15. The molecule has 1 N–H and O–H groups in total. The van der Waals surface area contributed by atoms with Gasteiger partial charge >= 0.3 is 7.60 Å². The molecule has 110 valence electrons. The summed E-state index contributed by atoms with van der Waals surface area (Å²) >= 11 is 0. The van der Waals surface area contributed by atoms with Gasteiger partial charge in [-0.05, 0) is 13.8 Å². The van der Waals surface area contributed by atoms with E-state index in [2.05, 4.69) is 0 Å². The molecule has 0 aliphatic rings. The second-order valence-corrected chi connectivity index (χ2v) is 6.02. The molecular weight excluding hydrogens is 279 g/mol. The van der Waals surface area contributed by atoms with E-state index in [1.54, 1.807) is 44.2 Å². The van der Waals surface area contributed by atoms with Gasteiger partial charge in [0.1, 0.15) is 11.9 Å². The number of benzene rings is 1. The summed E-state index contributed by atoms with van der Waals surface area (Å²) in [5.41, 5.74) is 0.517. The predicted octanol–water partition coefficient (Wildman–Crippen LogP) is 3.42. The maximum Gasteiger partial charge on any atom is 0.338 e. The fourth-order valence-corrected chi connectivity index (χ4v) is 3.12. The SMILES string of the molecule is CCOP(=O)(CC(=O)C=C(O)c1ccccc1)OCC. The third-order valence-electron chi connectivity index (χ3n) is 2.37. The number of hydrogen-bond donors (Lipinski definition) is 1. The Labute approximate surface area is 118 Å². The Bertz CT molecular complexity index is 500. The lowest BCUT2D eigenvalue weighted by molar-refractivity contribution is -0.112. The number of ketones is 1. The molecule has 20 heavy (non-hydrogen) atoms. The highest BCUT2D eigenvalue weighted by Gasteiger charge is 2.26. The molecule has 0 saturated heterocycles. The molecule has 0 amide bonds. The number of hydrogen-bond acceptors (Lipinski definition) is 5. The van der Waals surface area contributed by atoms with Crippen LogP contribution in [0.3, 0.4) is 0 Å². The molecule has 1 rings (SSSR count). The quantitative estimate of drug-likeness (QED) is 0.452. The van der Waals surface area contributed by atoms with Crippen molar-refractivity contribution >= 4 is 19.1 Å². The average molecular weight is 298 g/mol. The Hall–Kier alpha value is -1.42. The Morgan fingerprint density at radius 1 is 1.20 bits per heavy atom. The van der Waals surface area contributed by atoms with Crippen LogP contribution in [0.25, 0.3) is 5.76 Å². The second kappa shape index (κ2) is 8.00. The first-order valence-corrected chi connectivity index (χ1v) is 8.10. The first-order chi connectivity index (χ1) is 9.50. The van der Waals surface area contributed by atoms with Crippen LogP contribution in [0.4, 0.5) is 0 Å². The van der Waals surface area contributed by atoms with Gasteiger partial charge in [-0.1, -0.05) is 30.3 Å². The summed E-state index contributed by atoms with van der Waals surface area (Å²) in [6.07, 6.45) is 0.658. The summed E-state index contributed by atoms with van der Waals surface area (Å²) in [6, 6.07) is 8.63. The fourth-order valence-electron chi connectivity index (χ4n) is 1.60. The molecule has 0 fully saturated rings. The van der Waals surface area contributed by atoms with Crippen molar-refractivity contribution in [3.63, 3.8) is 0 Å². The molecule has 0 radical (unpaired) electrons. The first-order valence-electron chi connectivity index (χ1n) is 6.37. The largest absolute Gasteiger partial charge is 0.507 e. The number of carbonyl (C=O) groups is 1. The van der Waals surface area contributed by atoms with E-state index in [1.165, 1.54) is 0 Å². The highest BCUT2D eigenvalue weighted by Crippen LogP contribution is 2.47. The molecule has 0 spiro atoms. The van der Waals surface area contributed by atoms with Crippen LogP contribution in [0.5, 0.6) is 0 Å². The van der Waals surface area contributed by atoms with Gasteiger partial charge in [0, 0.05) is 11.6 Å². The minimum Gasteiger partial charge on any atom is -0.507 e. The van der Waals surface area contributed by atoms with Crippen LogP contribution in [-0.2, 0) is 18.4 Å². The van der Waals surface area contributed by atoms with E-state index in [-0.39, 0.29) is 25.1 Å². The number of carbonyl (C=O) groups excluding carboxylic acids is 1.